The number of nitrogen functional groups attached to an aromatic ring is 1. The number of pyridine rings is 1. The highest BCUT2D eigenvalue weighted by Crippen LogP contribution is 2.34. The molecule has 0 saturated heterocycles. The minimum Gasteiger partial charge on any atom is -0.397 e. The summed E-state index contributed by atoms with van der Waals surface area (Å²) < 4.78 is 0. The fourth-order valence-electron chi connectivity index (χ4n) is 2.53. The number of anilines is 3. The summed E-state index contributed by atoms with van der Waals surface area (Å²) in [6.45, 7) is 5.59. The predicted octanol–water partition coefficient (Wildman–Crippen LogP) is 4.21. The van der Waals surface area contributed by atoms with Gasteiger partial charge < -0.3 is 16.4 Å². The van der Waals surface area contributed by atoms with Gasteiger partial charge in [-0.1, -0.05) is 13.8 Å². The topological polar surface area (TPSA) is 97.1 Å². The summed E-state index contributed by atoms with van der Waals surface area (Å²) in [6, 6.07) is 10.8. The lowest BCUT2D eigenvalue weighted by Crippen LogP contribution is -2.12. The van der Waals surface area contributed by atoms with E-state index in [9.17, 15) is 9.59 Å². The van der Waals surface area contributed by atoms with Gasteiger partial charge >= 0.3 is 0 Å². The van der Waals surface area contributed by atoms with Crippen molar-refractivity contribution in [1.29, 1.82) is 0 Å². The molecule has 3 rings (SSSR count). The Hall–Kier alpha value is -2.93. The van der Waals surface area contributed by atoms with Gasteiger partial charge in [-0.25, -0.2) is 4.98 Å². The maximum Gasteiger partial charge on any atom is 0.267 e. The lowest BCUT2D eigenvalue weighted by molar-refractivity contribution is -0.114. The monoisotopic (exact) mass is 368 g/mol. The Morgan fingerprint density at radius 2 is 1.65 bits per heavy atom. The molecule has 2 aromatic heterocycles. The first-order valence-electron chi connectivity index (χ1n) is 8.23. The van der Waals surface area contributed by atoms with Crippen LogP contribution in [0.15, 0.2) is 36.4 Å². The zero-order valence-corrected chi connectivity index (χ0v) is 15.6. The molecule has 0 atom stereocenters. The van der Waals surface area contributed by atoms with Gasteiger partial charge in [-0.2, -0.15) is 0 Å². The molecule has 7 heteroatoms. The zero-order chi connectivity index (χ0) is 18.8. The third-order valence-corrected chi connectivity index (χ3v) is 4.99. The first kappa shape index (κ1) is 17.9. The van der Waals surface area contributed by atoms with Crippen LogP contribution < -0.4 is 16.4 Å². The second kappa shape index (κ2) is 7.13. The molecular weight excluding hydrogens is 348 g/mol. The molecule has 134 valence electrons. The van der Waals surface area contributed by atoms with Crippen LogP contribution in [0.3, 0.4) is 0 Å². The molecule has 26 heavy (non-hydrogen) atoms. The Morgan fingerprint density at radius 1 is 1.04 bits per heavy atom. The summed E-state index contributed by atoms with van der Waals surface area (Å²) in [6.07, 6.45) is 0. The third kappa shape index (κ3) is 3.67. The maximum absolute atomic E-state index is 12.6. The van der Waals surface area contributed by atoms with Gasteiger partial charge in [0.15, 0.2) is 0 Å². The predicted molar refractivity (Wildman–Crippen MR) is 107 cm³/mol. The Morgan fingerprint density at radius 3 is 2.23 bits per heavy atom. The molecule has 4 N–H and O–H groups in total. The van der Waals surface area contributed by atoms with Crippen LogP contribution >= 0.6 is 11.3 Å². The molecule has 0 fully saturated rings. The molecule has 0 unspecified atom stereocenters. The molecule has 6 nitrogen and oxygen atoms in total. The molecule has 3 aromatic rings. The Labute approximate surface area is 155 Å². The molecule has 0 saturated carbocycles. The molecule has 0 aliphatic rings. The van der Waals surface area contributed by atoms with E-state index in [1.165, 1.54) is 18.3 Å². The third-order valence-electron chi connectivity index (χ3n) is 3.88. The van der Waals surface area contributed by atoms with Crippen molar-refractivity contribution in [3.05, 3.63) is 47.0 Å². The van der Waals surface area contributed by atoms with Crippen LogP contribution in [0.4, 0.5) is 17.1 Å². The minimum absolute atomic E-state index is 0.145. The Kier molecular flexibility index (Phi) is 4.90. The van der Waals surface area contributed by atoms with Crippen molar-refractivity contribution in [2.45, 2.75) is 26.7 Å². The van der Waals surface area contributed by atoms with Crippen LogP contribution in [0.5, 0.6) is 0 Å². The summed E-state index contributed by atoms with van der Waals surface area (Å²) >= 11 is 1.29. The molecule has 0 spiro atoms. The van der Waals surface area contributed by atoms with Crippen molar-refractivity contribution >= 4 is 50.4 Å². The molecule has 0 radical (unpaired) electrons. The number of rotatable bonds is 4. The number of benzene rings is 1. The highest BCUT2D eigenvalue weighted by atomic mass is 32.1. The molecule has 1 aromatic carbocycles. The number of nitrogens with one attached hydrogen (secondary N) is 2. The van der Waals surface area contributed by atoms with Crippen molar-refractivity contribution in [2.24, 2.45) is 0 Å². The van der Waals surface area contributed by atoms with Gasteiger partial charge in [0.25, 0.3) is 5.91 Å². The van der Waals surface area contributed by atoms with Crippen LogP contribution in [-0.2, 0) is 4.79 Å². The van der Waals surface area contributed by atoms with E-state index in [1.54, 1.807) is 24.3 Å². The quantitative estimate of drug-likeness (QED) is 0.642. The highest BCUT2D eigenvalue weighted by molar-refractivity contribution is 7.21. The van der Waals surface area contributed by atoms with Crippen LogP contribution in [0.25, 0.3) is 10.2 Å². The average Bonchev–Trinajstić information content (AvgIpc) is 2.92. The van der Waals surface area contributed by atoms with Gasteiger partial charge in [-0.3, -0.25) is 9.59 Å². The lowest BCUT2D eigenvalue weighted by atomic mass is 10.1. The van der Waals surface area contributed by atoms with Crippen molar-refractivity contribution in [1.82, 2.24) is 4.98 Å². The number of fused-ring (bicyclic) bond motifs is 1. The van der Waals surface area contributed by atoms with Gasteiger partial charge in [0.05, 0.1) is 5.69 Å². The number of nitrogens with two attached hydrogens (primary N) is 1. The normalized spacial score (nSPS) is 10.9. The van der Waals surface area contributed by atoms with E-state index in [0.717, 1.165) is 15.9 Å². The summed E-state index contributed by atoms with van der Waals surface area (Å²) in [5, 5.41) is 6.31. The second-order valence-corrected chi connectivity index (χ2v) is 7.30. The van der Waals surface area contributed by atoms with Crippen LogP contribution in [0, 0.1) is 0 Å². The van der Waals surface area contributed by atoms with E-state index in [2.05, 4.69) is 29.5 Å². The van der Waals surface area contributed by atoms with E-state index in [4.69, 9.17) is 5.73 Å². The summed E-state index contributed by atoms with van der Waals surface area (Å²) in [4.78, 5) is 29.5. The molecule has 0 bridgehead atoms. The van der Waals surface area contributed by atoms with Crippen molar-refractivity contribution < 1.29 is 9.59 Å². The number of carbonyl (C=O) groups is 2. The Bertz CT molecular complexity index is 977. The fraction of sp³-hybridized carbons (Fsp3) is 0.211. The number of nitrogens with zero attached hydrogens (tertiary/aromatic N) is 1. The van der Waals surface area contributed by atoms with Crippen molar-refractivity contribution in [3.8, 4) is 0 Å². The van der Waals surface area contributed by atoms with Gasteiger partial charge in [-0.15, -0.1) is 11.3 Å². The second-order valence-electron chi connectivity index (χ2n) is 6.30. The van der Waals surface area contributed by atoms with E-state index < -0.39 is 0 Å². The van der Waals surface area contributed by atoms with Crippen LogP contribution in [-0.4, -0.2) is 16.8 Å². The molecule has 2 amide bonds. The van der Waals surface area contributed by atoms with E-state index in [0.29, 0.717) is 27.9 Å². The SMILES string of the molecule is CC(=O)Nc1ccc(NC(=O)c2sc3nc(C(C)C)ccc3c2N)cc1. The first-order chi connectivity index (χ1) is 12.3. The van der Waals surface area contributed by atoms with Gasteiger partial charge in [0.2, 0.25) is 5.91 Å². The number of aromatic nitrogens is 1. The molecular formula is C19H20N4O2S. The highest BCUT2D eigenvalue weighted by Gasteiger charge is 2.18. The number of amides is 2. The standard InChI is InChI=1S/C19H20N4O2S/c1-10(2)15-9-8-14-16(20)17(26-19(14)23-15)18(25)22-13-6-4-12(5-7-13)21-11(3)24/h4-10H,20H2,1-3H3,(H,21,24)(H,22,25). The Balaban J connectivity index is 1.83. The van der Waals surface area contributed by atoms with Crippen molar-refractivity contribution in [3.63, 3.8) is 0 Å². The number of hydrogen-bond acceptors (Lipinski definition) is 5. The number of thiophene rings is 1. The lowest BCUT2D eigenvalue weighted by Gasteiger charge is -2.06. The summed E-state index contributed by atoms with van der Waals surface area (Å²) in [5.74, 6) is -0.112. The summed E-state index contributed by atoms with van der Waals surface area (Å²) in [5.41, 5.74) is 8.87. The molecule has 0 aliphatic heterocycles. The van der Waals surface area contributed by atoms with Gasteiger partial charge in [0, 0.05) is 29.4 Å². The average molecular weight is 368 g/mol. The van der Waals surface area contributed by atoms with E-state index in [-0.39, 0.29) is 11.8 Å². The molecule has 2 heterocycles. The van der Waals surface area contributed by atoms with E-state index in [1.807, 2.05) is 12.1 Å². The van der Waals surface area contributed by atoms with Crippen molar-refractivity contribution in [2.75, 3.05) is 16.4 Å². The van der Waals surface area contributed by atoms with Gasteiger partial charge in [-0.05, 0) is 42.3 Å². The summed E-state index contributed by atoms with van der Waals surface area (Å²) in [7, 11) is 0. The van der Waals surface area contributed by atoms with Gasteiger partial charge in [0.1, 0.15) is 9.71 Å². The largest absolute Gasteiger partial charge is 0.397 e. The smallest absolute Gasteiger partial charge is 0.267 e. The van der Waals surface area contributed by atoms with Crippen LogP contribution in [0.1, 0.15) is 42.1 Å². The maximum atomic E-state index is 12.6. The van der Waals surface area contributed by atoms with E-state index >= 15 is 0 Å². The molecule has 0 aliphatic carbocycles. The fourth-order valence-corrected chi connectivity index (χ4v) is 3.53. The number of carbonyl (C=O) groups excluding carboxylic acids is 2. The van der Waals surface area contributed by atoms with Crippen LogP contribution in [0.2, 0.25) is 0 Å². The first-order valence-corrected chi connectivity index (χ1v) is 9.04. The minimum atomic E-state index is -0.274. The number of hydrogen-bond donors (Lipinski definition) is 3. The zero-order valence-electron chi connectivity index (χ0n) is 14.8.